The van der Waals surface area contributed by atoms with Crippen molar-refractivity contribution in [2.75, 3.05) is 5.32 Å². The first-order valence-corrected chi connectivity index (χ1v) is 9.52. The Morgan fingerprint density at radius 1 is 0.968 bits per heavy atom. The number of nitro benzene ring substituents is 1. The number of anilines is 1. The van der Waals surface area contributed by atoms with Gasteiger partial charge in [-0.1, -0.05) is 6.07 Å². The van der Waals surface area contributed by atoms with Gasteiger partial charge in [-0.2, -0.15) is 0 Å². The molecule has 0 saturated heterocycles. The van der Waals surface area contributed by atoms with E-state index in [0.717, 1.165) is 11.1 Å². The van der Waals surface area contributed by atoms with Crippen LogP contribution in [0.5, 0.6) is 5.75 Å². The second-order valence-electron chi connectivity index (χ2n) is 6.90. The molecule has 0 aromatic heterocycles. The lowest BCUT2D eigenvalue weighted by molar-refractivity contribution is -0.384. The minimum atomic E-state index is -0.963. The zero-order valence-corrected chi connectivity index (χ0v) is 17.4. The topological polar surface area (TPSA) is 140 Å². The maximum atomic E-state index is 12.0. The maximum absolute atomic E-state index is 12.0. The molecule has 10 heteroatoms. The van der Waals surface area contributed by atoms with Crippen LogP contribution >= 0.6 is 0 Å². The molecule has 10 nitrogen and oxygen atoms in total. The number of rotatable bonds is 8. The fourth-order valence-electron chi connectivity index (χ4n) is 2.47. The molecule has 3 N–H and O–H groups in total. The van der Waals surface area contributed by atoms with E-state index in [9.17, 15) is 24.5 Å². The molecule has 2 rings (SSSR count). The van der Waals surface area contributed by atoms with Gasteiger partial charge in [-0.3, -0.25) is 35.3 Å². The Morgan fingerprint density at radius 2 is 1.61 bits per heavy atom. The summed E-state index contributed by atoms with van der Waals surface area (Å²) in [5.41, 5.74) is 7.15. The molecule has 3 amide bonds. The van der Waals surface area contributed by atoms with E-state index in [4.69, 9.17) is 4.74 Å². The van der Waals surface area contributed by atoms with Crippen molar-refractivity contribution in [3.63, 3.8) is 0 Å². The normalized spacial score (nSPS) is 11.2. The van der Waals surface area contributed by atoms with E-state index in [-0.39, 0.29) is 30.2 Å². The van der Waals surface area contributed by atoms with Crippen LogP contribution in [0.15, 0.2) is 42.5 Å². The van der Waals surface area contributed by atoms with Crippen LogP contribution in [0.1, 0.15) is 30.9 Å². The van der Waals surface area contributed by atoms with Gasteiger partial charge in [-0.05, 0) is 56.2 Å². The zero-order chi connectivity index (χ0) is 23.0. The highest BCUT2D eigenvalue weighted by atomic mass is 16.6. The van der Waals surface area contributed by atoms with E-state index in [1.54, 1.807) is 6.07 Å². The summed E-state index contributed by atoms with van der Waals surface area (Å²) >= 11 is 0. The maximum Gasteiger partial charge on any atom is 0.279 e. The van der Waals surface area contributed by atoms with Gasteiger partial charge in [-0.15, -0.1) is 0 Å². The van der Waals surface area contributed by atoms with Crippen molar-refractivity contribution in [3.8, 4) is 5.75 Å². The van der Waals surface area contributed by atoms with Gasteiger partial charge >= 0.3 is 0 Å². The number of hydrazine groups is 1. The van der Waals surface area contributed by atoms with Gasteiger partial charge in [0.15, 0.2) is 6.10 Å². The highest BCUT2D eigenvalue weighted by Crippen LogP contribution is 2.18. The Kier molecular flexibility index (Phi) is 8.07. The summed E-state index contributed by atoms with van der Waals surface area (Å²) in [5, 5.41) is 13.4. The third-order valence-electron chi connectivity index (χ3n) is 4.42. The first-order valence-electron chi connectivity index (χ1n) is 9.52. The van der Waals surface area contributed by atoms with Crippen LogP contribution in [0.3, 0.4) is 0 Å². The number of amides is 3. The standard InChI is InChI=1S/C21H24N4O6/c1-13-4-5-16(12-14(13)2)22-19(26)10-11-20(27)23-24-21(28)15(3)31-18-8-6-17(7-9-18)25(29)30/h4-9,12,15H,10-11H2,1-3H3,(H,22,26)(H,23,27)(H,24,28). The summed E-state index contributed by atoms with van der Waals surface area (Å²) in [5.74, 6) is -1.21. The Morgan fingerprint density at radius 3 is 2.23 bits per heavy atom. The Hall–Kier alpha value is -3.95. The van der Waals surface area contributed by atoms with Gasteiger partial charge < -0.3 is 10.1 Å². The zero-order valence-electron chi connectivity index (χ0n) is 17.4. The predicted molar refractivity (Wildman–Crippen MR) is 113 cm³/mol. The molecule has 0 bridgehead atoms. The number of hydrogen-bond acceptors (Lipinski definition) is 6. The number of aryl methyl sites for hydroxylation is 2. The van der Waals surface area contributed by atoms with Gasteiger partial charge in [-0.25, -0.2) is 0 Å². The van der Waals surface area contributed by atoms with Crippen molar-refractivity contribution >= 4 is 29.1 Å². The lowest BCUT2D eigenvalue weighted by Gasteiger charge is -2.15. The van der Waals surface area contributed by atoms with Crippen molar-refractivity contribution in [2.45, 2.75) is 39.7 Å². The van der Waals surface area contributed by atoms with Gasteiger partial charge in [0.05, 0.1) is 4.92 Å². The van der Waals surface area contributed by atoms with Crippen LogP contribution in [0.2, 0.25) is 0 Å². The van der Waals surface area contributed by atoms with E-state index in [1.165, 1.54) is 31.2 Å². The molecule has 2 aromatic carbocycles. The van der Waals surface area contributed by atoms with E-state index in [2.05, 4.69) is 16.2 Å². The van der Waals surface area contributed by atoms with Crippen LogP contribution in [-0.4, -0.2) is 28.7 Å². The molecular weight excluding hydrogens is 404 g/mol. The summed E-state index contributed by atoms with van der Waals surface area (Å²) in [4.78, 5) is 46.0. The van der Waals surface area contributed by atoms with Crippen LogP contribution in [-0.2, 0) is 14.4 Å². The van der Waals surface area contributed by atoms with Gasteiger partial charge in [0, 0.05) is 30.7 Å². The van der Waals surface area contributed by atoms with E-state index in [1.807, 2.05) is 26.0 Å². The Labute approximate surface area is 179 Å². The Bertz CT molecular complexity index is 974. The molecule has 0 aliphatic rings. The van der Waals surface area contributed by atoms with Gasteiger partial charge in [0.25, 0.3) is 11.6 Å². The van der Waals surface area contributed by atoms with E-state index >= 15 is 0 Å². The number of ether oxygens (including phenoxy) is 1. The largest absolute Gasteiger partial charge is 0.481 e. The molecule has 1 atom stereocenters. The lowest BCUT2D eigenvalue weighted by atomic mass is 10.1. The summed E-state index contributed by atoms with van der Waals surface area (Å²) in [6.45, 7) is 5.37. The average Bonchev–Trinajstić information content (AvgIpc) is 2.73. The Balaban J connectivity index is 1.71. The summed E-state index contributed by atoms with van der Waals surface area (Å²) in [7, 11) is 0. The number of non-ortho nitro benzene ring substituents is 1. The smallest absolute Gasteiger partial charge is 0.279 e. The lowest BCUT2D eigenvalue weighted by Crippen LogP contribution is -2.47. The minimum absolute atomic E-state index is 0.0521. The first-order chi connectivity index (χ1) is 14.7. The molecule has 2 aromatic rings. The summed E-state index contributed by atoms with van der Waals surface area (Å²) in [6.07, 6.45) is -1.13. The highest BCUT2D eigenvalue weighted by molar-refractivity contribution is 5.93. The first kappa shape index (κ1) is 23.3. The second-order valence-corrected chi connectivity index (χ2v) is 6.90. The molecule has 164 valence electrons. The summed E-state index contributed by atoms with van der Waals surface area (Å²) in [6, 6.07) is 10.8. The minimum Gasteiger partial charge on any atom is -0.481 e. The van der Waals surface area contributed by atoms with Crippen molar-refractivity contribution in [3.05, 3.63) is 63.7 Å². The quantitative estimate of drug-likeness (QED) is 0.436. The van der Waals surface area contributed by atoms with Crippen LogP contribution in [0.25, 0.3) is 0 Å². The SMILES string of the molecule is Cc1ccc(NC(=O)CCC(=O)NNC(=O)C(C)Oc2ccc([N+](=O)[O-])cc2)cc1C. The number of nitrogens with zero attached hydrogens (tertiary/aromatic N) is 1. The van der Waals surface area contributed by atoms with Crippen LogP contribution in [0, 0.1) is 24.0 Å². The van der Waals surface area contributed by atoms with Gasteiger partial charge in [0.1, 0.15) is 5.75 Å². The van der Waals surface area contributed by atoms with Crippen LogP contribution in [0.4, 0.5) is 11.4 Å². The van der Waals surface area contributed by atoms with Crippen molar-refractivity contribution < 1.29 is 24.0 Å². The molecule has 0 heterocycles. The third kappa shape index (κ3) is 7.42. The van der Waals surface area contributed by atoms with Gasteiger partial charge in [0.2, 0.25) is 11.8 Å². The van der Waals surface area contributed by atoms with E-state index < -0.39 is 22.8 Å². The van der Waals surface area contributed by atoms with Crippen molar-refractivity contribution in [1.82, 2.24) is 10.9 Å². The van der Waals surface area contributed by atoms with Crippen molar-refractivity contribution in [1.29, 1.82) is 0 Å². The number of carbonyl (C=O) groups is 3. The molecular formula is C21H24N4O6. The molecule has 0 fully saturated rings. The molecule has 1 unspecified atom stereocenters. The second kappa shape index (κ2) is 10.7. The molecule has 0 spiro atoms. The summed E-state index contributed by atoms with van der Waals surface area (Å²) < 4.78 is 5.38. The average molecular weight is 428 g/mol. The number of benzene rings is 2. The molecule has 0 aliphatic carbocycles. The van der Waals surface area contributed by atoms with Crippen LogP contribution < -0.4 is 20.9 Å². The number of hydrogen-bond donors (Lipinski definition) is 3. The van der Waals surface area contributed by atoms with E-state index in [0.29, 0.717) is 5.69 Å². The number of nitro groups is 1. The fourth-order valence-corrected chi connectivity index (χ4v) is 2.47. The number of carbonyl (C=O) groups excluding carboxylic acids is 3. The van der Waals surface area contributed by atoms with Crippen molar-refractivity contribution in [2.24, 2.45) is 0 Å². The predicted octanol–water partition coefficient (Wildman–Crippen LogP) is 2.55. The fraction of sp³-hybridized carbons (Fsp3) is 0.286. The molecule has 0 aliphatic heterocycles. The third-order valence-corrected chi connectivity index (χ3v) is 4.42. The molecule has 31 heavy (non-hydrogen) atoms. The number of nitrogens with one attached hydrogen (secondary N) is 3. The highest BCUT2D eigenvalue weighted by Gasteiger charge is 2.16. The monoisotopic (exact) mass is 428 g/mol. The molecule has 0 saturated carbocycles. The molecule has 0 radical (unpaired) electrons.